The molecule has 0 radical (unpaired) electrons. The maximum absolute atomic E-state index is 13.2. The summed E-state index contributed by atoms with van der Waals surface area (Å²) >= 11 is 0. The molecule has 5 nitrogen and oxygen atoms in total. The molecular formula is C13H7F2N3O2. The van der Waals surface area contributed by atoms with E-state index in [-0.39, 0.29) is 11.4 Å². The maximum atomic E-state index is 13.2. The van der Waals surface area contributed by atoms with Crippen LogP contribution in [0.15, 0.2) is 36.5 Å². The maximum Gasteiger partial charge on any atom is 0.335 e. The van der Waals surface area contributed by atoms with Crippen molar-refractivity contribution in [2.45, 2.75) is 0 Å². The summed E-state index contributed by atoms with van der Waals surface area (Å²) in [5, 5.41) is 13.0. The minimum atomic E-state index is -1.08. The van der Waals surface area contributed by atoms with Crippen molar-refractivity contribution in [2.75, 3.05) is 0 Å². The number of aromatic carboxylic acids is 1. The third-order valence-corrected chi connectivity index (χ3v) is 2.76. The topological polar surface area (TPSA) is 67.5 Å². The summed E-state index contributed by atoms with van der Waals surface area (Å²) < 4.78 is 27.4. The van der Waals surface area contributed by atoms with Gasteiger partial charge in [-0.2, -0.15) is 0 Å². The second-order valence-electron chi connectivity index (χ2n) is 4.09. The first-order valence-corrected chi connectivity index (χ1v) is 5.60. The highest BCUT2D eigenvalue weighted by Crippen LogP contribution is 2.19. The number of carbonyl (C=O) groups is 1. The van der Waals surface area contributed by atoms with Gasteiger partial charge in [0.2, 0.25) is 0 Å². The van der Waals surface area contributed by atoms with E-state index in [0.29, 0.717) is 11.2 Å². The van der Waals surface area contributed by atoms with Crippen LogP contribution in [0.1, 0.15) is 10.4 Å². The molecule has 0 unspecified atom stereocenters. The van der Waals surface area contributed by atoms with Crippen LogP contribution in [-0.4, -0.2) is 25.7 Å². The Morgan fingerprint density at radius 3 is 2.65 bits per heavy atom. The molecular weight excluding hydrogens is 268 g/mol. The van der Waals surface area contributed by atoms with Crippen molar-refractivity contribution in [3.63, 3.8) is 0 Å². The van der Waals surface area contributed by atoms with Crippen molar-refractivity contribution in [1.82, 2.24) is 14.6 Å². The van der Waals surface area contributed by atoms with Gasteiger partial charge >= 0.3 is 5.97 Å². The van der Waals surface area contributed by atoms with Crippen molar-refractivity contribution in [1.29, 1.82) is 0 Å². The van der Waals surface area contributed by atoms with Gasteiger partial charge in [-0.15, -0.1) is 5.10 Å². The van der Waals surface area contributed by atoms with Crippen molar-refractivity contribution in [3.8, 4) is 11.4 Å². The van der Waals surface area contributed by atoms with Gasteiger partial charge < -0.3 is 5.11 Å². The number of benzene rings is 1. The van der Waals surface area contributed by atoms with E-state index in [1.165, 1.54) is 28.9 Å². The highest BCUT2D eigenvalue weighted by Gasteiger charge is 2.11. The lowest BCUT2D eigenvalue weighted by Gasteiger charge is -1.95. The molecule has 0 spiro atoms. The molecule has 0 aliphatic rings. The van der Waals surface area contributed by atoms with E-state index in [1.54, 1.807) is 0 Å². The molecule has 100 valence electrons. The molecule has 0 saturated carbocycles. The zero-order valence-corrected chi connectivity index (χ0v) is 9.92. The van der Waals surface area contributed by atoms with Gasteiger partial charge in [0.05, 0.1) is 5.56 Å². The molecule has 20 heavy (non-hydrogen) atoms. The number of halogens is 2. The smallest absolute Gasteiger partial charge is 0.335 e. The van der Waals surface area contributed by atoms with Crippen LogP contribution in [0.3, 0.4) is 0 Å². The summed E-state index contributed by atoms with van der Waals surface area (Å²) in [4.78, 5) is 15.0. The van der Waals surface area contributed by atoms with Crippen molar-refractivity contribution in [3.05, 3.63) is 53.7 Å². The first kappa shape index (κ1) is 12.2. The average Bonchev–Trinajstić information content (AvgIpc) is 2.84. The van der Waals surface area contributed by atoms with Crippen LogP contribution in [0.25, 0.3) is 17.0 Å². The molecule has 2 heterocycles. The summed E-state index contributed by atoms with van der Waals surface area (Å²) in [5.41, 5.74) is 0.691. The first-order chi connectivity index (χ1) is 9.54. The van der Waals surface area contributed by atoms with Crippen LogP contribution in [-0.2, 0) is 0 Å². The Morgan fingerprint density at radius 2 is 1.95 bits per heavy atom. The van der Waals surface area contributed by atoms with Gasteiger partial charge in [-0.1, -0.05) is 0 Å². The van der Waals surface area contributed by atoms with E-state index in [4.69, 9.17) is 5.11 Å². The largest absolute Gasteiger partial charge is 0.478 e. The van der Waals surface area contributed by atoms with Crippen LogP contribution in [0.5, 0.6) is 0 Å². The van der Waals surface area contributed by atoms with E-state index < -0.39 is 17.6 Å². The lowest BCUT2D eigenvalue weighted by Crippen LogP contribution is -1.97. The molecule has 0 aliphatic heterocycles. The van der Waals surface area contributed by atoms with E-state index >= 15 is 0 Å². The number of fused-ring (bicyclic) bond motifs is 1. The van der Waals surface area contributed by atoms with Gasteiger partial charge in [-0.3, -0.25) is 0 Å². The number of nitrogens with zero attached hydrogens (tertiary/aromatic N) is 3. The number of aromatic nitrogens is 3. The van der Waals surface area contributed by atoms with E-state index in [9.17, 15) is 13.6 Å². The van der Waals surface area contributed by atoms with E-state index in [1.807, 2.05) is 0 Å². The van der Waals surface area contributed by atoms with Crippen LogP contribution in [0, 0.1) is 11.6 Å². The molecule has 0 atom stereocenters. The Bertz CT molecular complexity index is 830. The lowest BCUT2D eigenvalue weighted by molar-refractivity contribution is 0.0697. The van der Waals surface area contributed by atoms with Gasteiger partial charge in [-0.25, -0.2) is 23.1 Å². The normalized spacial score (nSPS) is 10.9. The number of hydrogen-bond donors (Lipinski definition) is 1. The standard InChI is InChI=1S/C13H7F2N3O2/c14-9-2-1-7(5-10(9)15)12-16-11-6-8(13(19)20)3-4-18(11)17-12/h1-6H,(H,19,20). The van der Waals surface area contributed by atoms with E-state index in [2.05, 4.69) is 10.1 Å². The Kier molecular flexibility index (Phi) is 2.67. The molecule has 1 N–H and O–H groups in total. The molecule has 2 aromatic heterocycles. The van der Waals surface area contributed by atoms with Gasteiger partial charge in [-0.05, 0) is 30.3 Å². The Labute approximate surface area is 111 Å². The summed E-state index contributed by atoms with van der Waals surface area (Å²) in [6.45, 7) is 0. The number of rotatable bonds is 2. The Morgan fingerprint density at radius 1 is 1.15 bits per heavy atom. The third-order valence-electron chi connectivity index (χ3n) is 2.76. The number of pyridine rings is 1. The average molecular weight is 275 g/mol. The van der Waals surface area contributed by atoms with Crippen LogP contribution >= 0.6 is 0 Å². The molecule has 0 bridgehead atoms. The molecule has 0 saturated heterocycles. The minimum absolute atomic E-state index is 0.0711. The van der Waals surface area contributed by atoms with Gasteiger partial charge in [0.15, 0.2) is 23.1 Å². The Balaban J connectivity index is 2.12. The summed E-state index contributed by atoms with van der Waals surface area (Å²) in [6, 6.07) is 6.05. The zero-order chi connectivity index (χ0) is 14.3. The number of carboxylic acids is 1. The molecule has 3 rings (SSSR count). The quantitative estimate of drug-likeness (QED) is 0.779. The second-order valence-corrected chi connectivity index (χ2v) is 4.09. The summed E-state index contributed by atoms with van der Waals surface area (Å²) in [7, 11) is 0. The lowest BCUT2D eigenvalue weighted by atomic mass is 10.2. The SMILES string of the molecule is O=C(O)c1ccn2nc(-c3ccc(F)c(F)c3)nc2c1. The van der Waals surface area contributed by atoms with Gasteiger partial charge in [0, 0.05) is 11.8 Å². The predicted octanol–water partition coefficient (Wildman–Crippen LogP) is 2.37. The minimum Gasteiger partial charge on any atom is -0.478 e. The number of hydrogen-bond acceptors (Lipinski definition) is 3. The van der Waals surface area contributed by atoms with Crippen LogP contribution in [0.4, 0.5) is 8.78 Å². The first-order valence-electron chi connectivity index (χ1n) is 5.60. The fourth-order valence-corrected chi connectivity index (χ4v) is 1.77. The molecule has 0 amide bonds. The zero-order valence-electron chi connectivity index (χ0n) is 9.92. The monoisotopic (exact) mass is 275 g/mol. The molecule has 1 aromatic carbocycles. The molecule has 3 aromatic rings. The van der Waals surface area contributed by atoms with Crippen LogP contribution < -0.4 is 0 Å². The fourth-order valence-electron chi connectivity index (χ4n) is 1.77. The molecule has 0 aliphatic carbocycles. The van der Waals surface area contributed by atoms with Crippen molar-refractivity contribution < 1.29 is 18.7 Å². The highest BCUT2D eigenvalue weighted by molar-refractivity contribution is 5.88. The third kappa shape index (κ3) is 1.99. The fraction of sp³-hybridized carbons (Fsp3) is 0. The number of carboxylic acid groups (broad SMARTS) is 1. The second kappa shape index (κ2) is 4.37. The van der Waals surface area contributed by atoms with Gasteiger partial charge in [0.1, 0.15) is 0 Å². The van der Waals surface area contributed by atoms with Gasteiger partial charge in [0.25, 0.3) is 0 Å². The summed E-state index contributed by atoms with van der Waals surface area (Å²) in [6.07, 6.45) is 1.44. The van der Waals surface area contributed by atoms with Crippen molar-refractivity contribution >= 4 is 11.6 Å². The predicted molar refractivity (Wildman–Crippen MR) is 65.3 cm³/mol. The van der Waals surface area contributed by atoms with Crippen molar-refractivity contribution in [2.24, 2.45) is 0 Å². The Hall–Kier alpha value is -2.83. The summed E-state index contributed by atoms with van der Waals surface area (Å²) in [5.74, 6) is -2.84. The highest BCUT2D eigenvalue weighted by atomic mass is 19.2. The van der Waals surface area contributed by atoms with E-state index in [0.717, 1.165) is 12.1 Å². The molecule has 7 heteroatoms. The van der Waals surface area contributed by atoms with Crippen LogP contribution in [0.2, 0.25) is 0 Å². The molecule has 0 fully saturated rings.